The van der Waals surface area contributed by atoms with Gasteiger partial charge in [0.05, 0.1) is 13.5 Å². The fourth-order valence-electron chi connectivity index (χ4n) is 2.35. The van der Waals surface area contributed by atoms with E-state index >= 15 is 0 Å². The molecule has 0 saturated carbocycles. The van der Waals surface area contributed by atoms with Crippen LogP contribution >= 0.6 is 12.2 Å². The average Bonchev–Trinajstić information content (AvgIpc) is 3.09. The van der Waals surface area contributed by atoms with Crippen molar-refractivity contribution in [1.82, 2.24) is 5.32 Å². The molecule has 3 rings (SSSR count). The molecule has 1 heterocycles. The van der Waals surface area contributed by atoms with Crippen LogP contribution in [0.3, 0.4) is 0 Å². The van der Waals surface area contributed by atoms with Crippen molar-refractivity contribution in [2.24, 2.45) is 0 Å². The number of carbonyl (C=O) groups is 1. The SMILES string of the molecule is COC(=O)Cc1ccc(NC(=S)NCc2ccc3c(c2)OCO3)cc1. The van der Waals surface area contributed by atoms with Gasteiger partial charge in [-0.2, -0.15) is 0 Å². The lowest BCUT2D eigenvalue weighted by molar-refractivity contribution is -0.139. The summed E-state index contributed by atoms with van der Waals surface area (Å²) in [6.45, 7) is 0.834. The molecule has 130 valence electrons. The number of esters is 1. The number of fused-ring (bicyclic) bond motifs is 1. The van der Waals surface area contributed by atoms with E-state index in [0.717, 1.165) is 28.3 Å². The molecular weight excluding hydrogens is 340 g/mol. The predicted molar refractivity (Wildman–Crippen MR) is 97.8 cm³/mol. The number of carbonyl (C=O) groups excluding carboxylic acids is 1. The molecule has 6 nitrogen and oxygen atoms in total. The lowest BCUT2D eigenvalue weighted by atomic mass is 10.1. The summed E-state index contributed by atoms with van der Waals surface area (Å²) in [7, 11) is 1.38. The zero-order chi connectivity index (χ0) is 17.6. The van der Waals surface area contributed by atoms with Crippen LogP contribution in [0, 0.1) is 0 Å². The molecule has 2 aromatic carbocycles. The second-order valence-corrected chi connectivity index (χ2v) is 5.85. The molecule has 0 spiro atoms. The Labute approximate surface area is 151 Å². The minimum atomic E-state index is -0.262. The zero-order valence-corrected chi connectivity index (χ0v) is 14.5. The fourth-order valence-corrected chi connectivity index (χ4v) is 2.54. The molecule has 0 atom stereocenters. The largest absolute Gasteiger partial charge is 0.469 e. The van der Waals surface area contributed by atoms with E-state index in [0.29, 0.717) is 11.7 Å². The Bertz CT molecular complexity index is 777. The molecule has 0 fully saturated rings. The highest BCUT2D eigenvalue weighted by Gasteiger charge is 2.13. The number of rotatable bonds is 5. The quantitative estimate of drug-likeness (QED) is 0.629. The van der Waals surface area contributed by atoms with Crippen LogP contribution in [0.4, 0.5) is 5.69 Å². The van der Waals surface area contributed by atoms with E-state index in [1.807, 2.05) is 42.5 Å². The highest BCUT2D eigenvalue weighted by Crippen LogP contribution is 2.32. The lowest BCUT2D eigenvalue weighted by Crippen LogP contribution is -2.27. The maximum absolute atomic E-state index is 11.2. The highest BCUT2D eigenvalue weighted by molar-refractivity contribution is 7.80. The third kappa shape index (κ3) is 4.60. The second-order valence-electron chi connectivity index (χ2n) is 5.45. The van der Waals surface area contributed by atoms with Crippen molar-refractivity contribution < 1.29 is 19.0 Å². The number of hydrogen-bond donors (Lipinski definition) is 2. The molecule has 0 radical (unpaired) electrons. The smallest absolute Gasteiger partial charge is 0.309 e. The average molecular weight is 358 g/mol. The van der Waals surface area contributed by atoms with E-state index in [1.54, 1.807) is 0 Å². The van der Waals surface area contributed by atoms with Gasteiger partial charge < -0.3 is 24.8 Å². The summed E-state index contributed by atoms with van der Waals surface area (Å²) < 4.78 is 15.3. The number of thiocarbonyl (C=S) groups is 1. The number of ether oxygens (including phenoxy) is 3. The molecule has 0 amide bonds. The summed E-state index contributed by atoms with van der Waals surface area (Å²) in [4.78, 5) is 11.2. The molecule has 2 aromatic rings. The van der Waals surface area contributed by atoms with Crippen molar-refractivity contribution in [2.45, 2.75) is 13.0 Å². The van der Waals surface area contributed by atoms with Gasteiger partial charge in [-0.1, -0.05) is 18.2 Å². The van der Waals surface area contributed by atoms with Gasteiger partial charge in [-0.3, -0.25) is 4.79 Å². The van der Waals surface area contributed by atoms with Crippen LogP contribution in [0.25, 0.3) is 0 Å². The molecule has 1 aliphatic rings. The first-order chi connectivity index (χ1) is 12.1. The van der Waals surface area contributed by atoms with Gasteiger partial charge in [0.2, 0.25) is 6.79 Å². The van der Waals surface area contributed by atoms with Crippen LogP contribution in [0.1, 0.15) is 11.1 Å². The molecule has 0 aliphatic carbocycles. The third-order valence-electron chi connectivity index (χ3n) is 3.68. The zero-order valence-electron chi connectivity index (χ0n) is 13.7. The Kier molecular flexibility index (Phi) is 5.35. The van der Waals surface area contributed by atoms with Gasteiger partial charge in [0.15, 0.2) is 16.6 Å². The van der Waals surface area contributed by atoms with E-state index < -0.39 is 0 Å². The summed E-state index contributed by atoms with van der Waals surface area (Å²) in [5.74, 6) is 1.25. The molecule has 0 aromatic heterocycles. The highest BCUT2D eigenvalue weighted by atomic mass is 32.1. The van der Waals surface area contributed by atoms with Gasteiger partial charge >= 0.3 is 5.97 Å². The van der Waals surface area contributed by atoms with Crippen LogP contribution in [0.2, 0.25) is 0 Å². The van der Waals surface area contributed by atoms with Gasteiger partial charge in [-0.15, -0.1) is 0 Å². The van der Waals surface area contributed by atoms with Crippen molar-refractivity contribution in [3.63, 3.8) is 0 Å². The third-order valence-corrected chi connectivity index (χ3v) is 3.92. The Hall–Kier alpha value is -2.80. The van der Waals surface area contributed by atoms with Crippen LogP contribution in [0.15, 0.2) is 42.5 Å². The maximum Gasteiger partial charge on any atom is 0.309 e. The van der Waals surface area contributed by atoms with Crippen LogP contribution < -0.4 is 20.1 Å². The standard InChI is InChI=1S/C18H18N2O4S/c1-22-17(21)9-12-2-5-14(6-3-12)20-18(25)19-10-13-4-7-15-16(8-13)24-11-23-15/h2-8H,9-11H2,1H3,(H2,19,20,25). The first kappa shape index (κ1) is 17.0. The first-order valence-corrected chi connectivity index (χ1v) is 8.14. The monoisotopic (exact) mass is 358 g/mol. The normalized spacial score (nSPS) is 11.7. The molecule has 2 N–H and O–H groups in total. The van der Waals surface area contributed by atoms with E-state index in [2.05, 4.69) is 15.4 Å². The van der Waals surface area contributed by atoms with Gasteiger partial charge in [-0.25, -0.2) is 0 Å². The van der Waals surface area contributed by atoms with Gasteiger partial charge in [-0.05, 0) is 47.6 Å². The Morgan fingerprint density at radius 3 is 2.60 bits per heavy atom. The van der Waals surface area contributed by atoms with E-state index in [-0.39, 0.29) is 19.2 Å². The predicted octanol–water partition coefficient (Wildman–Crippen LogP) is 2.62. The molecule has 7 heteroatoms. The van der Waals surface area contributed by atoms with Gasteiger partial charge in [0.1, 0.15) is 0 Å². The molecule has 1 aliphatic heterocycles. The molecule has 0 bridgehead atoms. The van der Waals surface area contributed by atoms with Gasteiger partial charge in [0.25, 0.3) is 0 Å². The van der Waals surface area contributed by atoms with E-state index in [1.165, 1.54) is 7.11 Å². The Balaban J connectivity index is 1.50. The summed E-state index contributed by atoms with van der Waals surface area (Å²) in [6.07, 6.45) is 0.254. The fraction of sp³-hybridized carbons (Fsp3) is 0.222. The second kappa shape index (κ2) is 7.85. The lowest BCUT2D eigenvalue weighted by Gasteiger charge is -2.11. The van der Waals surface area contributed by atoms with Crippen molar-refractivity contribution >= 4 is 29.0 Å². The van der Waals surface area contributed by atoms with Crippen LogP contribution in [0.5, 0.6) is 11.5 Å². The number of nitrogens with one attached hydrogen (secondary N) is 2. The molecule has 0 saturated heterocycles. The first-order valence-electron chi connectivity index (χ1n) is 7.73. The molecule has 0 unspecified atom stereocenters. The summed E-state index contributed by atoms with van der Waals surface area (Å²) in [5, 5.41) is 6.76. The van der Waals surface area contributed by atoms with E-state index in [4.69, 9.17) is 21.7 Å². The number of hydrogen-bond acceptors (Lipinski definition) is 5. The number of anilines is 1. The Morgan fingerprint density at radius 1 is 1.12 bits per heavy atom. The minimum Gasteiger partial charge on any atom is -0.469 e. The summed E-state index contributed by atoms with van der Waals surface area (Å²) >= 11 is 5.30. The van der Waals surface area contributed by atoms with Crippen molar-refractivity contribution in [1.29, 1.82) is 0 Å². The van der Waals surface area contributed by atoms with Crippen LogP contribution in [-0.2, 0) is 22.5 Å². The summed E-state index contributed by atoms with van der Waals surface area (Å²) in [6, 6.07) is 13.2. The topological polar surface area (TPSA) is 68.8 Å². The summed E-state index contributed by atoms with van der Waals surface area (Å²) in [5.41, 5.74) is 2.77. The number of methoxy groups -OCH3 is 1. The minimum absolute atomic E-state index is 0.254. The van der Waals surface area contributed by atoms with Gasteiger partial charge in [0, 0.05) is 12.2 Å². The molecule has 25 heavy (non-hydrogen) atoms. The Morgan fingerprint density at radius 2 is 1.84 bits per heavy atom. The van der Waals surface area contributed by atoms with Crippen molar-refractivity contribution in [2.75, 3.05) is 19.2 Å². The molecular formula is C18H18N2O4S. The van der Waals surface area contributed by atoms with E-state index in [9.17, 15) is 4.79 Å². The van der Waals surface area contributed by atoms with Crippen LogP contribution in [-0.4, -0.2) is 25.0 Å². The number of benzene rings is 2. The van der Waals surface area contributed by atoms with Crippen molar-refractivity contribution in [3.8, 4) is 11.5 Å². The maximum atomic E-state index is 11.2. The van der Waals surface area contributed by atoms with Crippen molar-refractivity contribution in [3.05, 3.63) is 53.6 Å².